The molecular weight excluding hydrogens is 206 g/mol. The molecule has 0 heterocycles. The van der Waals surface area contributed by atoms with Crippen LogP contribution in [0.4, 0.5) is 0 Å². The average Bonchev–Trinajstić information content (AvgIpc) is 2.07. The number of hydrogen-bond donors (Lipinski definition) is 3. The molecule has 0 aromatic heterocycles. The van der Waals surface area contributed by atoms with Crippen molar-refractivity contribution in [3.63, 3.8) is 0 Å². The Kier molecular flexibility index (Phi) is 31.4. The summed E-state index contributed by atoms with van der Waals surface area (Å²) in [4.78, 5) is 0. The summed E-state index contributed by atoms with van der Waals surface area (Å²) in [5.74, 6) is 0. The van der Waals surface area contributed by atoms with Gasteiger partial charge in [0.25, 0.3) is 0 Å². The Bertz CT molecular complexity index is 84.6. The van der Waals surface area contributed by atoms with Crippen molar-refractivity contribution in [3.05, 3.63) is 13.2 Å². The topological polar surface area (TPSA) is 60.7 Å². The summed E-state index contributed by atoms with van der Waals surface area (Å²) in [7, 11) is 6.16. The average molecular weight is 230 g/mol. The molecule has 0 aromatic rings. The van der Waals surface area contributed by atoms with Gasteiger partial charge in [0.2, 0.25) is 0 Å². The zero-order valence-electron chi connectivity index (χ0n) is 9.41. The molecule has 0 saturated heterocycles. The molecule has 4 nitrogen and oxygen atoms in total. The summed E-state index contributed by atoms with van der Waals surface area (Å²) in [5.41, 5.74) is 0. The molecule has 0 amide bonds. The maximum absolute atomic E-state index is 8.39. The predicted molar refractivity (Wildman–Crippen MR) is 55.4 cm³/mol. The normalized spacial score (nSPS) is 8.43. The van der Waals surface area contributed by atoms with Gasteiger partial charge < -0.3 is 32.2 Å². The fourth-order valence-corrected chi connectivity index (χ4v) is 0.300. The summed E-state index contributed by atoms with van der Waals surface area (Å²) in [6, 6.07) is 0. The van der Waals surface area contributed by atoms with Crippen LogP contribution in [0.3, 0.4) is 0 Å². The number of hydrogen-bond acceptors (Lipinski definition) is 3. The molecule has 0 aliphatic rings. The van der Waals surface area contributed by atoms with Crippen molar-refractivity contribution < 1.29 is 32.2 Å². The molecule has 0 aromatic carbocycles. The summed E-state index contributed by atoms with van der Waals surface area (Å²) in [6.45, 7) is 6.86. The van der Waals surface area contributed by atoms with Crippen molar-refractivity contribution in [3.8, 4) is 0 Å². The molecule has 0 radical (unpaired) electrons. The van der Waals surface area contributed by atoms with Gasteiger partial charge in [-0.05, 0) is 0 Å². The van der Waals surface area contributed by atoms with Gasteiger partial charge in [-0.2, -0.15) is 0 Å². The van der Waals surface area contributed by atoms with E-state index >= 15 is 0 Å². The molecule has 0 aliphatic heterocycles. The molecule has 14 heavy (non-hydrogen) atoms. The Hall–Kier alpha value is -0.130. The first-order valence-electron chi connectivity index (χ1n) is 4.11. The standard InChI is InChI=1S/C5H14NO.C2H6O2.C2H4.ClH/c1-6(2,3)4-5-7;3-1-2-4;1-2;/h7H,4-5H2,1-3H3;3-4H,1-2H2;1-2H2;1H/q+1;;;/p-1. The fourth-order valence-electron chi connectivity index (χ4n) is 0.300. The summed E-state index contributed by atoms with van der Waals surface area (Å²) < 4.78 is 0.844. The van der Waals surface area contributed by atoms with Crippen LogP contribution in [0.25, 0.3) is 0 Å². The van der Waals surface area contributed by atoms with Crippen molar-refractivity contribution in [1.29, 1.82) is 0 Å². The second kappa shape index (κ2) is 18.6. The fraction of sp³-hybridized carbons (Fsp3) is 0.778. The molecule has 5 heteroatoms. The van der Waals surface area contributed by atoms with Gasteiger partial charge in [-0.15, -0.1) is 13.2 Å². The summed E-state index contributed by atoms with van der Waals surface area (Å²) in [6.07, 6.45) is 0. The minimum absolute atomic E-state index is 0. The molecule has 0 rings (SSSR count). The first-order valence-corrected chi connectivity index (χ1v) is 4.11. The van der Waals surface area contributed by atoms with Crippen LogP contribution in [-0.4, -0.2) is 67.3 Å². The van der Waals surface area contributed by atoms with Gasteiger partial charge in [0.05, 0.1) is 41.0 Å². The molecule has 0 saturated carbocycles. The van der Waals surface area contributed by atoms with Crippen LogP contribution in [0, 0.1) is 0 Å². The Morgan fingerprint density at radius 3 is 1.14 bits per heavy atom. The number of halogens is 1. The molecule has 0 fully saturated rings. The second-order valence-electron chi connectivity index (χ2n) is 3.18. The zero-order chi connectivity index (χ0) is 11.3. The van der Waals surface area contributed by atoms with E-state index in [4.69, 9.17) is 15.3 Å². The molecular formula is C9H24ClNO3. The smallest absolute Gasteiger partial charge is 0.101 e. The highest BCUT2D eigenvalue weighted by atomic mass is 35.5. The van der Waals surface area contributed by atoms with Crippen LogP contribution in [-0.2, 0) is 0 Å². The molecule has 0 bridgehead atoms. The third-order valence-corrected chi connectivity index (χ3v) is 0.871. The maximum Gasteiger partial charge on any atom is 0.101 e. The lowest BCUT2D eigenvalue weighted by Crippen LogP contribution is -3.00. The van der Waals surface area contributed by atoms with Gasteiger partial charge in [0, 0.05) is 0 Å². The lowest BCUT2D eigenvalue weighted by atomic mass is 10.5. The van der Waals surface area contributed by atoms with Crippen LogP contribution in [0.1, 0.15) is 0 Å². The van der Waals surface area contributed by atoms with Crippen LogP contribution >= 0.6 is 0 Å². The highest BCUT2D eigenvalue weighted by molar-refractivity contribution is 4.22. The zero-order valence-corrected chi connectivity index (χ0v) is 10.2. The van der Waals surface area contributed by atoms with E-state index in [1.807, 2.05) is 0 Å². The number of rotatable bonds is 3. The van der Waals surface area contributed by atoms with E-state index < -0.39 is 0 Å². The van der Waals surface area contributed by atoms with E-state index in [9.17, 15) is 0 Å². The number of nitrogens with zero attached hydrogens (tertiary/aromatic N) is 1. The Morgan fingerprint density at radius 2 is 1.14 bits per heavy atom. The van der Waals surface area contributed by atoms with Crippen LogP contribution < -0.4 is 12.4 Å². The summed E-state index contributed by atoms with van der Waals surface area (Å²) >= 11 is 0. The second-order valence-corrected chi connectivity index (χ2v) is 3.18. The van der Waals surface area contributed by atoms with Crippen LogP contribution in [0.2, 0.25) is 0 Å². The maximum atomic E-state index is 8.39. The molecule has 0 unspecified atom stereocenters. The van der Waals surface area contributed by atoms with E-state index in [-0.39, 0.29) is 32.2 Å². The van der Waals surface area contributed by atoms with Crippen LogP contribution in [0.15, 0.2) is 13.2 Å². The van der Waals surface area contributed by atoms with E-state index in [0.29, 0.717) is 0 Å². The van der Waals surface area contributed by atoms with Gasteiger partial charge in [-0.25, -0.2) is 0 Å². The van der Waals surface area contributed by atoms with Crippen molar-refractivity contribution >= 4 is 0 Å². The first kappa shape index (κ1) is 23.6. The SMILES string of the molecule is C=C.C[N+](C)(C)CCO.OCCO.[Cl-]. The number of quaternary nitrogens is 1. The van der Waals surface area contributed by atoms with Gasteiger partial charge in [0.15, 0.2) is 0 Å². The molecule has 0 aliphatic carbocycles. The van der Waals surface area contributed by atoms with Gasteiger partial charge in [0.1, 0.15) is 6.54 Å². The van der Waals surface area contributed by atoms with Gasteiger partial charge in [-0.1, -0.05) is 0 Å². The lowest BCUT2D eigenvalue weighted by molar-refractivity contribution is -0.870. The Morgan fingerprint density at radius 1 is 0.857 bits per heavy atom. The first-order chi connectivity index (χ1) is 5.97. The lowest BCUT2D eigenvalue weighted by Gasteiger charge is -2.21. The number of aliphatic hydroxyl groups is 3. The van der Waals surface area contributed by atoms with E-state index in [0.717, 1.165) is 11.0 Å². The minimum atomic E-state index is -0.125. The van der Waals surface area contributed by atoms with Crippen LogP contribution in [0.5, 0.6) is 0 Å². The Balaban J connectivity index is -0.0000000620. The van der Waals surface area contributed by atoms with E-state index in [2.05, 4.69) is 34.3 Å². The molecule has 90 valence electrons. The van der Waals surface area contributed by atoms with Crippen molar-refractivity contribution in [2.75, 3.05) is 47.5 Å². The van der Waals surface area contributed by atoms with Crippen molar-refractivity contribution in [1.82, 2.24) is 0 Å². The quantitative estimate of drug-likeness (QED) is 0.347. The molecule has 3 N–H and O–H groups in total. The third kappa shape index (κ3) is 59.1. The van der Waals surface area contributed by atoms with Gasteiger partial charge in [-0.3, -0.25) is 0 Å². The van der Waals surface area contributed by atoms with E-state index in [1.165, 1.54) is 0 Å². The predicted octanol–water partition coefficient (Wildman–Crippen LogP) is -3.54. The van der Waals surface area contributed by atoms with E-state index in [1.54, 1.807) is 0 Å². The largest absolute Gasteiger partial charge is 1.00 e. The van der Waals surface area contributed by atoms with Gasteiger partial charge >= 0.3 is 0 Å². The van der Waals surface area contributed by atoms with Crippen molar-refractivity contribution in [2.24, 2.45) is 0 Å². The highest BCUT2D eigenvalue weighted by Crippen LogP contribution is 1.84. The number of likely N-dealkylation sites (N-methyl/N-ethyl adjacent to an activating group) is 1. The highest BCUT2D eigenvalue weighted by Gasteiger charge is 2.02. The molecule has 0 atom stereocenters. The third-order valence-electron chi connectivity index (χ3n) is 0.871. The number of aliphatic hydroxyl groups excluding tert-OH is 3. The molecule has 0 spiro atoms. The Labute approximate surface area is 93.5 Å². The van der Waals surface area contributed by atoms with Crippen molar-refractivity contribution in [2.45, 2.75) is 0 Å². The summed E-state index contributed by atoms with van der Waals surface area (Å²) in [5, 5.41) is 23.6. The minimum Gasteiger partial charge on any atom is -1.00 e. The monoisotopic (exact) mass is 229 g/mol.